The van der Waals surface area contributed by atoms with Crippen LogP contribution in [-0.2, 0) is 0 Å². The fourth-order valence-electron chi connectivity index (χ4n) is 3.82. The maximum absolute atomic E-state index is 12.3. The molecule has 8 heteroatoms. The molecule has 2 aromatic rings. The van der Waals surface area contributed by atoms with Gasteiger partial charge in [0.2, 0.25) is 0 Å². The van der Waals surface area contributed by atoms with E-state index in [1.807, 2.05) is 0 Å². The number of carboxylic acids is 1. The van der Waals surface area contributed by atoms with E-state index >= 15 is 0 Å². The highest BCUT2D eigenvalue weighted by Crippen LogP contribution is 2.42. The first-order valence-electron chi connectivity index (χ1n) is 10.8. The van der Waals surface area contributed by atoms with Gasteiger partial charge in [-0.3, -0.25) is 4.79 Å². The van der Waals surface area contributed by atoms with E-state index in [9.17, 15) is 19.8 Å². The van der Waals surface area contributed by atoms with Gasteiger partial charge in [0.1, 0.15) is 17.1 Å². The molecule has 0 aromatic heterocycles. The van der Waals surface area contributed by atoms with Crippen LogP contribution >= 0.6 is 12.2 Å². The lowest BCUT2D eigenvalue weighted by molar-refractivity contribution is 0.0697. The number of aromatic hydroxyl groups is 1. The minimum Gasteiger partial charge on any atom is -0.508 e. The highest BCUT2D eigenvalue weighted by Gasteiger charge is 2.22. The smallest absolute Gasteiger partial charge is 0.336 e. The van der Waals surface area contributed by atoms with Gasteiger partial charge in [-0.15, -0.1) is 0 Å². The Morgan fingerprint density at radius 2 is 1.82 bits per heavy atom. The summed E-state index contributed by atoms with van der Waals surface area (Å²) in [6, 6.07) is 14.0. The molecule has 1 aliphatic heterocycles. The standard InChI is InChI=1S/C26H24N2O5S/c1-14(2)9-10-27-26(34)28-15-3-6-18(21(11-15)25(31)32)24-19-7-4-16(29)12-22(19)33-23-13-17(30)5-8-20(23)24/h3-8,11-14,29H,9-10H2,1-2H3,(H,31,32)(H2,27,28,34). The Morgan fingerprint density at radius 3 is 2.56 bits per heavy atom. The fourth-order valence-corrected chi connectivity index (χ4v) is 4.04. The lowest BCUT2D eigenvalue weighted by Gasteiger charge is -2.18. The van der Waals surface area contributed by atoms with Crippen LogP contribution in [0.4, 0.5) is 5.69 Å². The van der Waals surface area contributed by atoms with Crippen LogP contribution in [0, 0.1) is 5.92 Å². The van der Waals surface area contributed by atoms with Crippen molar-refractivity contribution in [2.75, 3.05) is 11.9 Å². The number of nitrogens with one attached hydrogen (secondary N) is 2. The predicted octanol–water partition coefficient (Wildman–Crippen LogP) is 5.30. The van der Waals surface area contributed by atoms with Gasteiger partial charge in [0.15, 0.2) is 10.5 Å². The fraction of sp³-hybridized carbons (Fsp3) is 0.192. The Kier molecular flexibility index (Phi) is 6.51. The largest absolute Gasteiger partial charge is 0.508 e. The second kappa shape index (κ2) is 9.52. The Labute approximate surface area is 201 Å². The summed E-state index contributed by atoms with van der Waals surface area (Å²) >= 11 is 5.34. The van der Waals surface area contributed by atoms with Crippen molar-refractivity contribution in [2.24, 2.45) is 5.92 Å². The average Bonchev–Trinajstić information content (AvgIpc) is 2.77. The molecule has 0 atom stereocenters. The molecule has 0 saturated carbocycles. The third-order valence-corrected chi connectivity index (χ3v) is 5.71. The number of carbonyl (C=O) groups is 1. The molecule has 34 heavy (non-hydrogen) atoms. The van der Waals surface area contributed by atoms with Gasteiger partial charge in [-0.25, -0.2) is 4.79 Å². The van der Waals surface area contributed by atoms with E-state index in [1.54, 1.807) is 24.3 Å². The Morgan fingerprint density at radius 1 is 1.06 bits per heavy atom. The Balaban J connectivity index is 1.82. The number of carboxylic acid groups (broad SMARTS) is 1. The third-order valence-electron chi connectivity index (χ3n) is 5.46. The van der Waals surface area contributed by atoms with Crippen LogP contribution in [0.5, 0.6) is 5.75 Å². The zero-order valence-electron chi connectivity index (χ0n) is 18.7. The van der Waals surface area contributed by atoms with Crippen molar-refractivity contribution >= 4 is 40.0 Å². The van der Waals surface area contributed by atoms with Gasteiger partial charge in [-0.05, 0) is 66.5 Å². The van der Waals surface area contributed by atoms with E-state index in [0.717, 1.165) is 6.42 Å². The summed E-state index contributed by atoms with van der Waals surface area (Å²) in [6.07, 6.45) is 0.959. The summed E-state index contributed by atoms with van der Waals surface area (Å²) in [7, 11) is 0. The summed E-state index contributed by atoms with van der Waals surface area (Å²) in [5.74, 6) is -0.278. The van der Waals surface area contributed by atoms with E-state index in [0.29, 0.717) is 56.7 Å². The van der Waals surface area contributed by atoms with Crippen molar-refractivity contribution in [1.82, 2.24) is 5.32 Å². The molecule has 1 aliphatic carbocycles. The van der Waals surface area contributed by atoms with Gasteiger partial charge in [0, 0.05) is 40.9 Å². The second-order valence-electron chi connectivity index (χ2n) is 8.44. The number of anilines is 1. The number of fused-ring (bicyclic) bond motifs is 2. The van der Waals surface area contributed by atoms with Crippen LogP contribution in [0.25, 0.3) is 33.4 Å². The van der Waals surface area contributed by atoms with E-state index in [1.165, 1.54) is 30.3 Å². The van der Waals surface area contributed by atoms with Gasteiger partial charge >= 0.3 is 5.97 Å². The lowest BCUT2D eigenvalue weighted by Crippen LogP contribution is -2.29. The highest BCUT2D eigenvalue weighted by molar-refractivity contribution is 7.80. The van der Waals surface area contributed by atoms with Crippen LogP contribution in [0.2, 0.25) is 0 Å². The first-order chi connectivity index (χ1) is 16.2. The lowest BCUT2D eigenvalue weighted by atomic mass is 9.90. The second-order valence-corrected chi connectivity index (χ2v) is 8.85. The molecular formula is C26H24N2O5S. The molecule has 0 radical (unpaired) electrons. The minimum atomic E-state index is -1.11. The van der Waals surface area contributed by atoms with E-state index in [4.69, 9.17) is 16.6 Å². The van der Waals surface area contributed by atoms with Crippen LogP contribution in [0.15, 0.2) is 63.8 Å². The number of benzene rings is 3. The molecule has 4 rings (SSSR count). The summed E-state index contributed by atoms with van der Waals surface area (Å²) < 4.78 is 5.86. The van der Waals surface area contributed by atoms with Crippen LogP contribution < -0.4 is 16.1 Å². The molecule has 0 spiro atoms. The molecule has 0 saturated heterocycles. The zero-order chi connectivity index (χ0) is 24.4. The topological polar surface area (TPSA) is 112 Å². The van der Waals surface area contributed by atoms with Crippen molar-refractivity contribution in [3.8, 4) is 28.2 Å². The average molecular weight is 477 g/mol. The zero-order valence-corrected chi connectivity index (χ0v) is 19.5. The van der Waals surface area contributed by atoms with Crippen LogP contribution in [-0.4, -0.2) is 27.8 Å². The summed E-state index contributed by atoms with van der Waals surface area (Å²) in [6.45, 7) is 4.96. The van der Waals surface area contributed by atoms with Gasteiger partial charge in [0.05, 0.1) is 5.56 Å². The van der Waals surface area contributed by atoms with E-state index in [-0.39, 0.29) is 16.7 Å². The predicted molar refractivity (Wildman–Crippen MR) is 137 cm³/mol. The summed E-state index contributed by atoms with van der Waals surface area (Å²) in [4.78, 5) is 24.2. The highest BCUT2D eigenvalue weighted by atomic mass is 32.1. The van der Waals surface area contributed by atoms with Crippen molar-refractivity contribution < 1.29 is 19.4 Å². The molecule has 0 bridgehead atoms. The Hall–Kier alpha value is -3.91. The van der Waals surface area contributed by atoms with Crippen LogP contribution in [0.3, 0.4) is 0 Å². The maximum atomic E-state index is 12.3. The molecule has 2 aliphatic rings. The minimum absolute atomic E-state index is 0.00341. The molecular weight excluding hydrogens is 452 g/mol. The molecule has 0 fully saturated rings. The van der Waals surface area contributed by atoms with E-state index in [2.05, 4.69) is 24.5 Å². The number of aromatic carboxylic acids is 1. The van der Waals surface area contributed by atoms with Gasteiger partial charge in [-0.1, -0.05) is 19.9 Å². The maximum Gasteiger partial charge on any atom is 0.336 e. The molecule has 2 aromatic carbocycles. The number of thiocarbonyl (C=S) groups is 1. The summed E-state index contributed by atoms with van der Waals surface area (Å²) in [5.41, 5.74) is 2.33. The first kappa shape index (κ1) is 23.3. The normalized spacial score (nSPS) is 11.1. The number of phenols is 1. The molecule has 174 valence electrons. The molecule has 0 unspecified atom stereocenters. The Bertz CT molecular complexity index is 1430. The van der Waals surface area contributed by atoms with Crippen LogP contribution in [0.1, 0.15) is 30.6 Å². The van der Waals surface area contributed by atoms with Crippen molar-refractivity contribution in [2.45, 2.75) is 20.3 Å². The quantitative estimate of drug-likeness (QED) is 0.219. The van der Waals surface area contributed by atoms with Crippen molar-refractivity contribution in [3.63, 3.8) is 0 Å². The molecule has 4 N–H and O–H groups in total. The van der Waals surface area contributed by atoms with Gasteiger partial charge in [0.25, 0.3) is 0 Å². The van der Waals surface area contributed by atoms with Gasteiger partial charge in [-0.2, -0.15) is 0 Å². The monoisotopic (exact) mass is 476 g/mol. The molecule has 0 amide bonds. The molecule has 7 nitrogen and oxygen atoms in total. The number of hydrogen-bond acceptors (Lipinski definition) is 5. The SMILES string of the molecule is CC(C)CCNC(=S)Nc1ccc(-c2c3ccc(=O)cc-3oc3cc(O)ccc23)c(C(=O)O)c1. The summed E-state index contributed by atoms with van der Waals surface area (Å²) in [5, 5.41) is 27.2. The van der Waals surface area contributed by atoms with Crippen molar-refractivity contribution in [3.05, 3.63) is 70.4 Å². The van der Waals surface area contributed by atoms with Crippen molar-refractivity contribution in [1.29, 1.82) is 0 Å². The van der Waals surface area contributed by atoms with E-state index < -0.39 is 5.97 Å². The third kappa shape index (κ3) is 4.87. The number of phenolic OH excluding ortho intramolecular Hbond substituents is 1. The molecule has 1 heterocycles. The number of hydrogen-bond donors (Lipinski definition) is 4. The first-order valence-corrected chi connectivity index (χ1v) is 11.3. The number of rotatable bonds is 6. The van der Waals surface area contributed by atoms with Gasteiger partial charge < -0.3 is 25.3 Å².